The zero-order chi connectivity index (χ0) is 13.1. The molecular formula is C13H12BrN3O. The third kappa shape index (κ3) is 2.87. The van der Waals surface area contributed by atoms with Gasteiger partial charge in [0, 0.05) is 22.3 Å². The van der Waals surface area contributed by atoms with E-state index in [2.05, 4.69) is 20.9 Å². The van der Waals surface area contributed by atoms with Crippen LogP contribution in [-0.4, -0.2) is 10.8 Å². The Hall–Kier alpha value is -1.88. The van der Waals surface area contributed by atoms with Crippen molar-refractivity contribution in [3.8, 4) is 11.6 Å². The molecule has 0 saturated carbocycles. The van der Waals surface area contributed by atoms with E-state index in [1.807, 2.05) is 25.1 Å². The summed E-state index contributed by atoms with van der Waals surface area (Å²) >= 11 is 3.40. The smallest absolute Gasteiger partial charge is 0.219 e. The van der Waals surface area contributed by atoms with Gasteiger partial charge in [0.15, 0.2) is 0 Å². The maximum absolute atomic E-state index is 7.28. The van der Waals surface area contributed by atoms with E-state index in [0.717, 1.165) is 15.8 Å². The first-order chi connectivity index (χ1) is 8.56. The Labute approximate surface area is 113 Å². The standard InChI is InChI=1S/C13H12BrN3O/c1-8-2-4-10(14)6-11(8)18-12-5-3-9(7-17-12)13(15)16/h2-7H,1H3,(H3,15,16). The summed E-state index contributed by atoms with van der Waals surface area (Å²) < 4.78 is 6.62. The minimum Gasteiger partial charge on any atom is -0.439 e. The highest BCUT2D eigenvalue weighted by Crippen LogP contribution is 2.26. The minimum atomic E-state index is -0.00677. The lowest BCUT2D eigenvalue weighted by atomic mass is 10.2. The largest absolute Gasteiger partial charge is 0.439 e. The molecule has 0 radical (unpaired) electrons. The topological polar surface area (TPSA) is 72.0 Å². The van der Waals surface area contributed by atoms with Gasteiger partial charge in [0.2, 0.25) is 5.88 Å². The summed E-state index contributed by atoms with van der Waals surface area (Å²) in [6.07, 6.45) is 1.52. The van der Waals surface area contributed by atoms with Crippen LogP contribution in [0, 0.1) is 12.3 Å². The number of hydrogen-bond acceptors (Lipinski definition) is 3. The summed E-state index contributed by atoms with van der Waals surface area (Å²) in [5.41, 5.74) is 6.96. The molecule has 92 valence electrons. The molecule has 0 aliphatic rings. The van der Waals surface area contributed by atoms with Crippen molar-refractivity contribution in [1.82, 2.24) is 4.98 Å². The molecule has 1 heterocycles. The molecule has 0 unspecified atom stereocenters. The van der Waals surface area contributed by atoms with Gasteiger partial charge >= 0.3 is 0 Å². The first-order valence-corrected chi connectivity index (χ1v) is 6.10. The molecule has 2 rings (SSSR count). The lowest BCUT2D eigenvalue weighted by Crippen LogP contribution is -2.11. The lowest BCUT2D eigenvalue weighted by molar-refractivity contribution is 0.459. The second-order valence-electron chi connectivity index (χ2n) is 3.81. The number of pyridine rings is 1. The molecule has 0 saturated heterocycles. The summed E-state index contributed by atoms with van der Waals surface area (Å²) in [6.45, 7) is 1.96. The number of ether oxygens (including phenoxy) is 1. The molecule has 0 aliphatic carbocycles. The molecule has 0 aliphatic heterocycles. The molecule has 4 nitrogen and oxygen atoms in total. The van der Waals surface area contributed by atoms with Crippen LogP contribution in [0.15, 0.2) is 41.0 Å². The first-order valence-electron chi connectivity index (χ1n) is 5.31. The van der Waals surface area contributed by atoms with E-state index >= 15 is 0 Å². The van der Waals surface area contributed by atoms with Gasteiger partial charge in [-0.05, 0) is 30.7 Å². The first kappa shape index (κ1) is 12.6. The van der Waals surface area contributed by atoms with E-state index in [0.29, 0.717) is 11.4 Å². The van der Waals surface area contributed by atoms with Gasteiger partial charge in [-0.25, -0.2) is 4.98 Å². The summed E-state index contributed by atoms with van der Waals surface area (Å²) in [5.74, 6) is 1.21. The molecule has 0 amide bonds. The Morgan fingerprint density at radius 2 is 2.11 bits per heavy atom. The summed E-state index contributed by atoms with van der Waals surface area (Å²) in [4.78, 5) is 4.11. The monoisotopic (exact) mass is 305 g/mol. The molecule has 2 aromatic rings. The van der Waals surface area contributed by atoms with Crippen molar-refractivity contribution in [3.63, 3.8) is 0 Å². The lowest BCUT2D eigenvalue weighted by Gasteiger charge is -2.08. The molecular weight excluding hydrogens is 294 g/mol. The highest BCUT2D eigenvalue weighted by Gasteiger charge is 2.04. The van der Waals surface area contributed by atoms with Crippen LogP contribution in [0.1, 0.15) is 11.1 Å². The van der Waals surface area contributed by atoms with Crippen LogP contribution in [0.2, 0.25) is 0 Å². The summed E-state index contributed by atoms with van der Waals surface area (Å²) in [6, 6.07) is 9.20. The number of nitrogens with one attached hydrogen (secondary N) is 1. The fourth-order valence-corrected chi connectivity index (χ4v) is 1.74. The second-order valence-corrected chi connectivity index (χ2v) is 4.73. The molecule has 3 N–H and O–H groups in total. The highest BCUT2D eigenvalue weighted by molar-refractivity contribution is 9.10. The molecule has 0 bridgehead atoms. The Morgan fingerprint density at radius 1 is 1.33 bits per heavy atom. The van der Waals surface area contributed by atoms with Gasteiger partial charge in [0.05, 0.1) is 0 Å². The third-order valence-electron chi connectivity index (χ3n) is 2.41. The van der Waals surface area contributed by atoms with Gasteiger partial charge in [-0.2, -0.15) is 0 Å². The van der Waals surface area contributed by atoms with Crippen molar-refractivity contribution in [3.05, 3.63) is 52.1 Å². The predicted octanol–water partition coefficient (Wildman–Crippen LogP) is 3.23. The average molecular weight is 306 g/mol. The molecule has 0 spiro atoms. The normalized spacial score (nSPS) is 10.1. The molecule has 1 aromatic heterocycles. The number of aryl methyl sites for hydroxylation is 1. The van der Waals surface area contributed by atoms with Gasteiger partial charge in [0.1, 0.15) is 11.6 Å². The van der Waals surface area contributed by atoms with E-state index in [-0.39, 0.29) is 5.84 Å². The van der Waals surface area contributed by atoms with Gasteiger partial charge in [-0.1, -0.05) is 22.0 Å². The highest BCUT2D eigenvalue weighted by atomic mass is 79.9. The number of nitrogen functional groups attached to an aromatic ring is 1. The van der Waals surface area contributed by atoms with Crippen LogP contribution in [0.4, 0.5) is 0 Å². The van der Waals surface area contributed by atoms with Crippen molar-refractivity contribution in [1.29, 1.82) is 5.41 Å². The SMILES string of the molecule is Cc1ccc(Br)cc1Oc1ccc(C(=N)N)cn1. The number of rotatable bonds is 3. The van der Waals surface area contributed by atoms with Crippen LogP contribution < -0.4 is 10.5 Å². The number of hydrogen-bond donors (Lipinski definition) is 2. The Kier molecular flexibility index (Phi) is 3.62. The van der Waals surface area contributed by atoms with Gasteiger partial charge in [-0.3, -0.25) is 5.41 Å². The van der Waals surface area contributed by atoms with Crippen LogP contribution >= 0.6 is 15.9 Å². The number of benzene rings is 1. The van der Waals surface area contributed by atoms with E-state index < -0.39 is 0 Å². The second kappa shape index (κ2) is 5.18. The maximum Gasteiger partial charge on any atom is 0.219 e. The van der Waals surface area contributed by atoms with Crippen molar-refractivity contribution in [2.45, 2.75) is 6.92 Å². The summed E-state index contributed by atoms with van der Waals surface area (Å²) in [7, 11) is 0. The van der Waals surface area contributed by atoms with Crippen LogP contribution in [0.3, 0.4) is 0 Å². The quantitative estimate of drug-likeness (QED) is 0.675. The number of nitrogens with two attached hydrogens (primary N) is 1. The fraction of sp³-hybridized carbons (Fsp3) is 0.0769. The van der Waals surface area contributed by atoms with Gasteiger partial charge < -0.3 is 10.5 Å². The van der Waals surface area contributed by atoms with Crippen molar-refractivity contribution >= 4 is 21.8 Å². The van der Waals surface area contributed by atoms with Crippen LogP contribution in [0.25, 0.3) is 0 Å². The number of aromatic nitrogens is 1. The minimum absolute atomic E-state index is 0.00677. The fourth-order valence-electron chi connectivity index (χ4n) is 1.40. The van der Waals surface area contributed by atoms with E-state index in [1.54, 1.807) is 12.1 Å². The number of amidine groups is 1. The van der Waals surface area contributed by atoms with Crippen LogP contribution in [0.5, 0.6) is 11.6 Å². The van der Waals surface area contributed by atoms with Crippen molar-refractivity contribution < 1.29 is 4.74 Å². The molecule has 0 atom stereocenters. The van der Waals surface area contributed by atoms with E-state index in [1.165, 1.54) is 6.20 Å². The summed E-state index contributed by atoms with van der Waals surface area (Å²) in [5, 5.41) is 7.28. The number of nitrogens with zero attached hydrogens (tertiary/aromatic N) is 1. The van der Waals surface area contributed by atoms with E-state index in [4.69, 9.17) is 15.9 Å². The number of halogens is 1. The van der Waals surface area contributed by atoms with Gasteiger partial charge in [-0.15, -0.1) is 0 Å². The molecule has 5 heteroatoms. The zero-order valence-electron chi connectivity index (χ0n) is 9.77. The molecule has 1 aromatic carbocycles. The Bertz CT molecular complexity index is 581. The predicted molar refractivity (Wildman–Crippen MR) is 74.2 cm³/mol. The van der Waals surface area contributed by atoms with E-state index in [9.17, 15) is 0 Å². The molecule has 18 heavy (non-hydrogen) atoms. The Balaban J connectivity index is 2.23. The van der Waals surface area contributed by atoms with Crippen molar-refractivity contribution in [2.75, 3.05) is 0 Å². The average Bonchev–Trinajstić information content (AvgIpc) is 2.34. The van der Waals surface area contributed by atoms with Crippen molar-refractivity contribution in [2.24, 2.45) is 5.73 Å². The maximum atomic E-state index is 7.28. The molecule has 0 fully saturated rings. The van der Waals surface area contributed by atoms with Gasteiger partial charge in [0.25, 0.3) is 0 Å². The van der Waals surface area contributed by atoms with Crippen LogP contribution in [-0.2, 0) is 0 Å². The third-order valence-corrected chi connectivity index (χ3v) is 2.91. The zero-order valence-corrected chi connectivity index (χ0v) is 11.4. The Morgan fingerprint density at radius 3 is 2.72 bits per heavy atom.